The van der Waals surface area contributed by atoms with Crippen molar-refractivity contribution in [3.05, 3.63) is 29.8 Å². The summed E-state index contributed by atoms with van der Waals surface area (Å²) >= 11 is 0. The number of rotatable bonds is 2. The molecule has 0 amide bonds. The summed E-state index contributed by atoms with van der Waals surface area (Å²) in [4.78, 5) is 13.7. The summed E-state index contributed by atoms with van der Waals surface area (Å²) < 4.78 is 0. The van der Waals surface area contributed by atoms with Gasteiger partial charge in [-0.05, 0) is 19.1 Å². The van der Waals surface area contributed by atoms with Crippen LogP contribution in [0, 0.1) is 0 Å². The van der Waals surface area contributed by atoms with Crippen molar-refractivity contribution in [2.75, 3.05) is 18.1 Å². The van der Waals surface area contributed by atoms with Gasteiger partial charge in [-0.2, -0.15) is 0 Å². The van der Waals surface area contributed by atoms with E-state index in [1.807, 2.05) is 31.2 Å². The molecule has 1 atom stereocenters. The van der Waals surface area contributed by atoms with Crippen LogP contribution in [0.25, 0.3) is 0 Å². The summed E-state index contributed by atoms with van der Waals surface area (Å²) in [7, 11) is 0. The first-order valence-electron chi connectivity index (χ1n) is 5.23. The maximum Gasteiger partial charge on any atom is 0.166 e. The van der Waals surface area contributed by atoms with Crippen molar-refractivity contribution < 1.29 is 9.90 Å². The smallest absolute Gasteiger partial charge is 0.166 e. The highest BCUT2D eigenvalue weighted by molar-refractivity contribution is 6.03. The molecular weight excluding hydrogens is 190 g/mol. The largest absolute Gasteiger partial charge is 0.394 e. The second-order valence-electron chi connectivity index (χ2n) is 3.92. The molecule has 1 aliphatic rings. The Labute approximate surface area is 89.3 Å². The fraction of sp³-hybridized carbons (Fsp3) is 0.417. The molecule has 0 bridgehead atoms. The third-order valence-corrected chi connectivity index (χ3v) is 2.89. The van der Waals surface area contributed by atoms with Crippen LogP contribution in [0.4, 0.5) is 5.69 Å². The normalized spacial score (nSPS) is 17.5. The number of hydrogen-bond donors (Lipinski definition) is 1. The molecule has 0 fully saturated rings. The Morgan fingerprint density at radius 2 is 2.20 bits per heavy atom. The molecule has 80 valence electrons. The number of hydrogen-bond acceptors (Lipinski definition) is 3. The van der Waals surface area contributed by atoms with Crippen molar-refractivity contribution in [2.24, 2.45) is 0 Å². The number of carbonyl (C=O) groups excluding carboxylic acids is 1. The second-order valence-corrected chi connectivity index (χ2v) is 3.92. The predicted octanol–water partition coefficient (Wildman–Crippen LogP) is 1.46. The molecular formula is C12H15NO2. The molecule has 1 aromatic rings. The highest BCUT2D eigenvalue weighted by atomic mass is 16.3. The van der Waals surface area contributed by atoms with Gasteiger partial charge < -0.3 is 10.0 Å². The number of para-hydroxylation sites is 1. The molecule has 0 aliphatic carbocycles. The van der Waals surface area contributed by atoms with Crippen LogP contribution in [0.15, 0.2) is 24.3 Å². The van der Waals surface area contributed by atoms with E-state index in [2.05, 4.69) is 4.90 Å². The molecule has 3 nitrogen and oxygen atoms in total. The molecule has 3 heteroatoms. The molecule has 0 spiro atoms. The molecule has 0 radical (unpaired) electrons. The molecule has 15 heavy (non-hydrogen) atoms. The number of nitrogens with zero attached hydrogens (tertiary/aromatic N) is 1. The third-order valence-electron chi connectivity index (χ3n) is 2.89. The van der Waals surface area contributed by atoms with Crippen molar-refractivity contribution in [3.8, 4) is 0 Å². The predicted molar refractivity (Wildman–Crippen MR) is 59.3 cm³/mol. The van der Waals surface area contributed by atoms with Gasteiger partial charge in [0.05, 0.1) is 6.61 Å². The minimum absolute atomic E-state index is 0.0688. The topological polar surface area (TPSA) is 40.5 Å². The number of anilines is 1. The molecule has 0 saturated heterocycles. The summed E-state index contributed by atoms with van der Waals surface area (Å²) in [5.74, 6) is 0.201. The van der Waals surface area contributed by atoms with E-state index in [1.165, 1.54) is 0 Å². The number of aliphatic hydroxyl groups is 1. The van der Waals surface area contributed by atoms with Crippen molar-refractivity contribution in [2.45, 2.75) is 19.4 Å². The van der Waals surface area contributed by atoms with Crippen LogP contribution >= 0.6 is 0 Å². The molecule has 0 saturated carbocycles. The zero-order valence-electron chi connectivity index (χ0n) is 8.81. The first-order valence-corrected chi connectivity index (χ1v) is 5.23. The quantitative estimate of drug-likeness (QED) is 0.794. The van der Waals surface area contributed by atoms with E-state index in [1.54, 1.807) is 0 Å². The summed E-state index contributed by atoms with van der Waals surface area (Å²) in [5, 5.41) is 9.15. The van der Waals surface area contributed by atoms with Crippen molar-refractivity contribution in [3.63, 3.8) is 0 Å². The molecule has 0 aromatic heterocycles. The molecule has 1 aliphatic heterocycles. The van der Waals surface area contributed by atoms with Gasteiger partial charge in [0.1, 0.15) is 0 Å². The van der Waals surface area contributed by atoms with E-state index in [0.29, 0.717) is 13.0 Å². The van der Waals surface area contributed by atoms with Gasteiger partial charge in [0.15, 0.2) is 5.78 Å². The number of benzene rings is 1. The lowest BCUT2D eigenvalue weighted by molar-refractivity contribution is 0.0977. The van der Waals surface area contributed by atoms with E-state index in [9.17, 15) is 4.79 Å². The Bertz CT molecular complexity index is 376. The van der Waals surface area contributed by atoms with Gasteiger partial charge in [-0.1, -0.05) is 12.1 Å². The van der Waals surface area contributed by atoms with E-state index in [-0.39, 0.29) is 18.4 Å². The SMILES string of the molecule is CC(CO)N1CCC(=O)c2ccccc21. The fourth-order valence-corrected chi connectivity index (χ4v) is 1.99. The average molecular weight is 205 g/mol. The molecule has 1 unspecified atom stereocenters. The zero-order valence-corrected chi connectivity index (χ0v) is 8.81. The Morgan fingerprint density at radius 1 is 1.47 bits per heavy atom. The number of fused-ring (bicyclic) bond motifs is 1. The summed E-state index contributed by atoms with van der Waals surface area (Å²) in [5.41, 5.74) is 1.74. The van der Waals surface area contributed by atoms with Crippen LogP contribution in [-0.4, -0.2) is 30.1 Å². The number of ketones is 1. The lowest BCUT2D eigenvalue weighted by Crippen LogP contribution is -2.40. The first-order chi connectivity index (χ1) is 7.24. The minimum atomic E-state index is 0.0688. The monoisotopic (exact) mass is 205 g/mol. The highest BCUT2D eigenvalue weighted by Gasteiger charge is 2.25. The van der Waals surface area contributed by atoms with Gasteiger partial charge in [0.2, 0.25) is 0 Å². The van der Waals surface area contributed by atoms with Gasteiger partial charge in [0, 0.05) is 30.3 Å². The van der Waals surface area contributed by atoms with Gasteiger partial charge in [-0.15, -0.1) is 0 Å². The number of carbonyl (C=O) groups is 1. The second kappa shape index (κ2) is 4.03. The first kappa shape index (κ1) is 10.2. The lowest BCUT2D eigenvalue weighted by Gasteiger charge is -2.34. The number of aliphatic hydroxyl groups excluding tert-OH is 1. The summed E-state index contributed by atoms with van der Waals surface area (Å²) in [6.07, 6.45) is 0.543. The Morgan fingerprint density at radius 3 is 2.93 bits per heavy atom. The molecule has 2 rings (SSSR count). The maximum atomic E-state index is 11.7. The summed E-state index contributed by atoms with van der Waals surface area (Å²) in [6, 6.07) is 7.67. The van der Waals surface area contributed by atoms with E-state index in [0.717, 1.165) is 11.3 Å². The van der Waals surface area contributed by atoms with Gasteiger partial charge in [-0.25, -0.2) is 0 Å². The zero-order chi connectivity index (χ0) is 10.8. The highest BCUT2D eigenvalue weighted by Crippen LogP contribution is 2.28. The van der Waals surface area contributed by atoms with Gasteiger partial charge >= 0.3 is 0 Å². The van der Waals surface area contributed by atoms with Crippen molar-refractivity contribution >= 4 is 11.5 Å². The molecule has 1 N–H and O–H groups in total. The van der Waals surface area contributed by atoms with Crippen LogP contribution in [0.5, 0.6) is 0 Å². The third kappa shape index (κ3) is 1.75. The average Bonchev–Trinajstić information content (AvgIpc) is 2.29. The van der Waals surface area contributed by atoms with E-state index < -0.39 is 0 Å². The van der Waals surface area contributed by atoms with E-state index in [4.69, 9.17) is 5.11 Å². The Hall–Kier alpha value is -1.35. The van der Waals surface area contributed by atoms with Gasteiger partial charge in [0.25, 0.3) is 0 Å². The van der Waals surface area contributed by atoms with Crippen LogP contribution in [0.1, 0.15) is 23.7 Å². The molecule has 1 heterocycles. The lowest BCUT2D eigenvalue weighted by atomic mass is 9.99. The van der Waals surface area contributed by atoms with Crippen molar-refractivity contribution in [1.82, 2.24) is 0 Å². The number of Topliss-reactive ketones (excluding diaryl/α,β-unsaturated/α-hetero) is 1. The standard InChI is InChI=1S/C12H15NO2/c1-9(8-14)13-7-6-12(15)10-4-2-3-5-11(10)13/h2-5,9,14H,6-8H2,1H3. The summed E-state index contributed by atoms with van der Waals surface area (Å²) in [6.45, 7) is 2.78. The van der Waals surface area contributed by atoms with Crippen LogP contribution in [-0.2, 0) is 0 Å². The molecule has 1 aromatic carbocycles. The van der Waals surface area contributed by atoms with Crippen LogP contribution in [0.3, 0.4) is 0 Å². The maximum absolute atomic E-state index is 11.7. The van der Waals surface area contributed by atoms with Crippen LogP contribution in [0.2, 0.25) is 0 Å². The Kier molecular flexibility index (Phi) is 2.73. The van der Waals surface area contributed by atoms with Crippen LogP contribution < -0.4 is 4.90 Å². The minimum Gasteiger partial charge on any atom is -0.394 e. The Balaban J connectivity index is 2.40. The van der Waals surface area contributed by atoms with Crippen molar-refractivity contribution in [1.29, 1.82) is 0 Å². The van der Waals surface area contributed by atoms with Gasteiger partial charge in [-0.3, -0.25) is 4.79 Å². The van der Waals surface area contributed by atoms with E-state index >= 15 is 0 Å². The fourth-order valence-electron chi connectivity index (χ4n) is 1.99.